The molecule has 1 aliphatic carbocycles. The van der Waals surface area contributed by atoms with Gasteiger partial charge >= 0.3 is 5.69 Å². The Kier molecular flexibility index (Phi) is 5.93. The van der Waals surface area contributed by atoms with E-state index in [1.807, 2.05) is 4.90 Å². The zero-order valence-electron chi connectivity index (χ0n) is 15.6. The zero-order valence-corrected chi connectivity index (χ0v) is 15.6. The summed E-state index contributed by atoms with van der Waals surface area (Å²) in [6, 6.07) is 4.29. The van der Waals surface area contributed by atoms with Crippen LogP contribution in [0.2, 0.25) is 0 Å². The van der Waals surface area contributed by atoms with Gasteiger partial charge in [-0.1, -0.05) is 12.8 Å². The lowest BCUT2D eigenvalue weighted by Crippen LogP contribution is -2.51. The summed E-state index contributed by atoms with van der Waals surface area (Å²) < 4.78 is 5.26. The number of amides is 2. The molecule has 2 aliphatic rings. The quantitative estimate of drug-likeness (QED) is 0.582. The van der Waals surface area contributed by atoms with Crippen molar-refractivity contribution in [1.82, 2.24) is 9.80 Å². The predicted molar refractivity (Wildman–Crippen MR) is 98.7 cm³/mol. The lowest BCUT2D eigenvalue weighted by Gasteiger charge is -2.36. The maximum Gasteiger partial charge on any atom is 0.311 e. The lowest BCUT2D eigenvalue weighted by molar-refractivity contribution is -0.385. The predicted octanol–water partition coefficient (Wildman–Crippen LogP) is 2.47. The summed E-state index contributed by atoms with van der Waals surface area (Å²) in [7, 11) is 0. The number of nitro groups is 1. The molecule has 8 heteroatoms. The Hall–Kier alpha value is -2.64. The number of nitrogens with zero attached hydrogens (tertiary/aromatic N) is 3. The monoisotopic (exact) mass is 375 g/mol. The van der Waals surface area contributed by atoms with Crippen LogP contribution in [0.4, 0.5) is 5.69 Å². The molecule has 8 nitrogen and oxygen atoms in total. The molecule has 1 saturated heterocycles. The number of rotatable bonds is 5. The Morgan fingerprint density at radius 3 is 2.37 bits per heavy atom. The van der Waals surface area contributed by atoms with Crippen LogP contribution in [0.3, 0.4) is 0 Å². The smallest absolute Gasteiger partial charge is 0.311 e. The first-order valence-corrected chi connectivity index (χ1v) is 9.50. The molecule has 0 bridgehead atoms. The number of benzene rings is 1. The van der Waals surface area contributed by atoms with Crippen molar-refractivity contribution in [2.75, 3.05) is 32.8 Å². The Labute approximate surface area is 158 Å². The molecule has 2 amide bonds. The van der Waals surface area contributed by atoms with Crippen LogP contribution in [0.15, 0.2) is 18.2 Å². The highest BCUT2D eigenvalue weighted by Crippen LogP contribution is 2.29. The van der Waals surface area contributed by atoms with Gasteiger partial charge in [0, 0.05) is 43.7 Å². The summed E-state index contributed by atoms with van der Waals surface area (Å²) in [6.45, 7) is 3.97. The van der Waals surface area contributed by atoms with E-state index in [2.05, 4.69) is 0 Å². The highest BCUT2D eigenvalue weighted by molar-refractivity contribution is 5.95. The summed E-state index contributed by atoms with van der Waals surface area (Å²) in [5.41, 5.74) is 0.0541. The van der Waals surface area contributed by atoms with E-state index in [1.54, 1.807) is 17.9 Å². The van der Waals surface area contributed by atoms with Crippen molar-refractivity contribution in [3.63, 3.8) is 0 Å². The van der Waals surface area contributed by atoms with E-state index in [-0.39, 0.29) is 34.7 Å². The second kappa shape index (κ2) is 8.37. The van der Waals surface area contributed by atoms with E-state index in [0.717, 1.165) is 25.7 Å². The third kappa shape index (κ3) is 4.20. The molecule has 146 valence electrons. The Morgan fingerprint density at radius 2 is 1.78 bits per heavy atom. The Bertz CT molecular complexity index is 722. The maximum absolute atomic E-state index is 12.7. The number of ether oxygens (including phenoxy) is 1. The minimum Gasteiger partial charge on any atom is -0.487 e. The third-order valence-corrected chi connectivity index (χ3v) is 5.29. The van der Waals surface area contributed by atoms with Crippen LogP contribution in [0, 0.1) is 16.0 Å². The number of nitro benzene ring substituents is 1. The first kappa shape index (κ1) is 19.1. The van der Waals surface area contributed by atoms with Crippen molar-refractivity contribution in [2.45, 2.75) is 32.6 Å². The van der Waals surface area contributed by atoms with E-state index < -0.39 is 4.92 Å². The summed E-state index contributed by atoms with van der Waals surface area (Å²) >= 11 is 0. The molecule has 3 rings (SSSR count). The minimum absolute atomic E-state index is 0.140. The summed E-state index contributed by atoms with van der Waals surface area (Å²) in [4.78, 5) is 39.4. The molecule has 1 aromatic rings. The second-order valence-corrected chi connectivity index (χ2v) is 6.97. The van der Waals surface area contributed by atoms with E-state index in [9.17, 15) is 19.7 Å². The van der Waals surface area contributed by atoms with Gasteiger partial charge in [0.05, 0.1) is 11.5 Å². The molecule has 0 atom stereocenters. The van der Waals surface area contributed by atoms with Gasteiger partial charge in [-0.2, -0.15) is 0 Å². The van der Waals surface area contributed by atoms with E-state index >= 15 is 0 Å². The molecule has 0 aromatic heterocycles. The fraction of sp³-hybridized carbons (Fsp3) is 0.579. The van der Waals surface area contributed by atoms with Crippen molar-refractivity contribution in [3.8, 4) is 5.75 Å². The summed E-state index contributed by atoms with van der Waals surface area (Å²) in [6.07, 6.45) is 4.17. The van der Waals surface area contributed by atoms with Gasteiger partial charge in [0.1, 0.15) is 0 Å². The van der Waals surface area contributed by atoms with E-state index in [1.165, 1.54) is 12.1 Å². The van der Waals surface area contributed by atoms with Gasteiger partial charge in [0.15, 0.2) is 5.75 Å². The van der Waals surface area contributed by atoms with Gasteiger partial charge in [0.25, 0.3) is 5.91 Å². The van der Waals surface area contributed by atoms with Crippen molar-refractivity contribution < 1.29 is 19.2 Å². The van der Waals surface area contributed by atoms with Gasteiger partial charge in [-0.15, -0.1) is 0 Å². The van der Waals surface area contributed by atoms with Crippen molar-refractivity contribution in [2.24, 2.45) is 5.92 Å². The average molecular weight is 375 g/mol. The van der Waals surface area contributed by atoms with E-state index in [0.29, 0.717) is 32.8 Å². The van der Waals surface area contributed by atoms with Crippen LogP contribution in [-0.2, 0) is 4.79 Å². The van der Waals surface area contributed by atoms with Crippen LogP contribution >= 0.6 is 0 Å². The first-order chi connectivity index (χ1) is 13.0. The number of hydrogen-bond acceptors (Lipinski definition) is 5. The molecule has 0 spiro atoms. The van der Waals surface area contributed by atoms with Gasteiger partial charge in [-0.25, -0.2) is 0 Å². The molecule has 1 saturated carbocycles. The minimum atomic E-state index is -0.542. The molecule has 0 N–H and O–H groups in total. The molecule has 1 aliphatic heterocycles. The molecule has 0 radical (unpaired) electrons. The number of carbonyl (C=O) groups is 2. The van der Waals surface area contributed by atoms with Gasteiger partial charge < -0.3 is 14.5 Å². The van der Waals surface area contributed by atoms with Crippen molar-refractivity contribution >= 4 is 17.5 Å². The molecule has 1 heterocycles. The molecule has 1 aromatic carbocycles. The SMILES string of the molecule is CCOc1ccc(C(=O)N2CCN(C(=O)C3CCCC3)CC2)cc1[N+](=O)[O-]. The highest BCUT2D eigenvalue weighted by atomic mass is 16.6. The highest BCUT2D eigenvalue weighted by Gasteiger charge is 2.31. The van der Waals surface area contributed by atoms with Crippen LogP contribution < -0.4 is 4.74 Å². The molecular weight excluding hydrogens is 350 g/mol. The number of piperazine rings is 1. The molecule has 0 unspecified atom stereocenters. The Morgan fingerprint density at radius 1 is 1.15 bits per heavy atom. The molecule has 2 fully saturated rings. The van der Waals surface area contributed by atoms with Crippen molar-refractivity contribution in [1.29, 1.82) is 0 Å². The lowest BCUT2D eigenvalue weighted by atomic mass is 10.1. The van der Waals surface area contributed by atoms with Gasteiger partial charge in [-0.05, 0) is 31.9 Å². The standard InChI is InChI=1S/C19H25N3O5/c1-2-27-17-8-7-15(13-16(17)22(25)26)19(24)21-11-9-20(10-12-21)18(23)14-5-3-4-6-14/h7-8,13-14H,2-6,9-12H2,1H3. The summed E-state index contributed by atoms with van der Waals surface area (Å²) in [5, 5.41) is 11.2. The van der Waals surface area contributed by atoms with Crippen LogP contribution in [0.25, 0.3) is 0 Å². The normalized spacial score (nSPS) is 17.8. The fourth-order valence-electron chi connectivity index (χ4n) is 3.81. The molecular formula is C19H25N3O5. The van der Waals surface area contributed by atoms with Crippen LogP contribution in [-0.4, -0.2) is 59.3 Å². The van der Waals surface area contributed by atoms with Crippen LogP contribution in [0.5, 0.6) is 5.75 Å². The topological polar surface area (TPSA) is 93.0 Å². The fourth-order valence-corrected chi connectivity index (χ4v) is 3.81. The van der Waals surface area contributed by atoms with Crippen LogP contribution in [0.1, 0.15) is 43.0 Å². The molecule has 27 heavy (non-hydrogen) atoms. The first-order valence-electron chi connectivity index (χ1n) is 9.50. The Balaban J connectivity index is 1.64. The van der Waals surface area contributed by atoms with Gasteiger partial charge in [-0.3, -0.25) is 19.7 Å². The van der Waals surface area contributed by atoms with E-state index in [4.69, 9.17) is 4.74 Å². The summed E-state index contributed by atoms with van der Waals surface area (Å²) in [5.74, 6) is 0.248. The van der Waals surface area contributed by atoms with Crippen molar-refractivity contribution in [3.05, 3.63) is 33.9 Å². The maximum atomic E-state index is 12.7. The number of hydrogen-bond donors (Lipinski definition) is 0. The average Bonchev–Trinajstić information content (AvgIpc) is 3.22. The van der Waals surface area contributed by atoms with Gasteiger partial charge in [0.2, 0.25) is 5.91 Å². The largest absolute Gasteiger partial charge is 0.487 e. The third-order valence-electron chi connectivity index (χ3n) is 5.29. The second-order valence-electron chi connectivity index (χ2n) is 6.97. The number of carbonyl (C=O) groups excluding carboxylic acids is 2. The zero-order chi connectivity index (χ0) is 19.4.